The van der Waals surface area contributed by atoms with E-state index in [0.717, 1.165) is 18.8 Å². The molecule has 1 aliphatic rings. The summed E-state index contributed by atoms with van der Waals surface area (Å²) in [5.74, 6) is 0.956. The molecule has 2 atom stereocenters. The van der Waals surface area contributed by atoms with E-state index in [-0.39, 0.29) is 18.1 Å². The Morgan fingerprint density at radius 2 is 1.63 bits per heavy atom. The zero-order valence-corrected chi connectivity index (χ0v) is 12.9. The van der Waals surface area contributed by atoms with Crippen molar-refractivity contribution >= 4 is 11.9 Å². The van der Waals surface area contributed by atoms with Crippen LogP contribution in [0.3, 0.4) is 0 Å². The highest BCUT2D eigenvalue weighted by molar-refractivity contribution is 5.80. The number of ether oxygens (including phenoxy) is 1. The van der Waals surface area contributed by atoms with Gasteiger partial charge >= 0.3 is 0 Å². The van der Waals surface area contributed by atoms with Crippen molar-refractivity contribution in [3.63, 3.8) is 0 Å². The van der Waals surface area contributed by atoms with E-state index >= 15 is 0 Å². The molecule has 0 unspecified atom stereocenters. The van der Waals surface area contributed by atoms with Crippen molar-refractivity contribution in [3.05, 3.63) is 0 Å². The maximum Gasteiger partial charge on any atom is 0.251 e. The van der Waals surface area contributed by atoms with E-state index in [1.54, 1.807) is 19.0 Å². The molecular formula is C13H26N4O2. The molecule has 6 heteroatoms. The fourth-order valence-corrected chi connectivity index (χ4v) is 2.18. The maximum absolute atomic E-state index is 11.8. The van der Waals surface area contributed by atoms with E-state index in [0.29, 0.717) is 6.54 Å². The summed E-state index contributed by atoms with van der Waals surface area (Å²) in [6.07, 6.45) is 1.43. The lowest BCUT2D eigenvalue weighted by Gasteiger charge is -2.23. The molecule has 0 aromatic carbocycles. The van der Waals surface area contributed by atoms with Crippen LogP contribution in [0.4, 0.5) is 0 Å². The SMILES string of the molecule is CN(C)C(=O)[C@H]1CC[C@@H](CN=C(N(C)C)N(C)C)O1. The summed E-state index contributed by atoms with van der Waals surface area (Å²) in [5.41, 5.74) is 0. The minimum Gasteiger partial charge on any atom is -0.363 e. The van der Waals surface area contributed by atoms with E-state index in [1.165, 1.54) is 0 Å². The Morgan fingerprint density at radius 3 is 2.11 bits per heavy atom. The molecule has 0 radical (unpaired) electrons. The van der Waals surface area contributed by atoms with Gasteiger partial charge in [0.25, 0.3) is 5.91 Å². The Morgan fingerprint density at radius 1 is 1.05 bits per heavy atom. The Bertz CT molecular complexity index is 330. The van der Waals surface area contributed by atoms with Crippen LogP contribution in [0.1, 0.15) is 12.8 Å². The third kappa shape index (κ3) is 4.38. The highest BCUT2D eigenvalue weighted by Gasteiger charge is 2.31. The Balaban J connectivity index is 2.52. The molecule has 1 amide bonds. The molecule has 0 bridgehead atoms. The van der Waals surface area contributed by atoms with Gasteiger partial charge in [0.05, 0.1) is 12.6 Å². The number of amides is 1. The Labute approximate surface area is 116 Å². The van der Waals surface area contributed by atoms with Gasteiger partial charge in [0.2, 0.25) is 0 Å². The van der Waals surface area contributed by atoms with E-state index in [2.05, 4.69) is 4.99 Å². The second-order valence-corrected chi connectivity index (χ2v) is 5.49. The van der Waals surface area contributed by atoms with E-state index in [4.69, 9.17) is 4.74 Å². The largest absolute Gasteiger partial charge is 0.363 e. The summed E-state index contributed by atoms with van der Waals surface area (Å²) in [6, 6.07) is 0. The molecule has 110 valence electrons. The van der Waals surface area contributed by atoms with Crippen LogP contribution in [0.5, 0.6) is 0 Å². The highest BCUT2D eigenvalue weighted by Crippen LogP contribution is 2.21. The predicted octanol–water partition coefficient (Wildman–Crippen LogP) is 0.101. The van der Waals surface area contributed by atoms with Crippen LogP contribution in [-0.4, -0.2) is 87.6 Å². The highest BCUT2D eigenvalue weighted by atomic mass is 16.5. The Kier molecular flexibility index (Phi) is 5.60. The lowest BCUT2D eigenvalue weighted by atomic mass is 10.2. The van der Waals surface area contributed by atoms with Gasteiger partial charge in [-0.15, -0.1) is 0 Å². The molecule has 19 heavy (non-hydrogen) atoms. The number of carbonyl (C=O) groups excluding carboxylic acids is 1. The minimum atomic E-state index is -0.294. The first kappa shape index (κ1) is 15.8. The number of guanidine groups is 1. The summed E-state index contributed by atoms with van der Waals surface area (Å²) in [7, 11) is 11.4. The molecule has 1 heterocycles. The molecule has 0 N–H and O–H groups in total. The summed E-state index contributed by atoms with van der Waals surface area (Å²) < 4.78 is 5.76. The fraction of sp³-hybridized carbons (Fsp3) is 0.846. The summed E-state index contributed by atoms with van der Waals surface area (Å²) in [6.45, 7) is 0.600. The van der Waals surface area contributed by atoms with Crippen molar-refractivity contribution in [1.29, 1.82) is 0 Å². The van der Waals surface area contributed by atoms with Crippen molar-refractivity contribution in [2.45, 2.75) is 25.0 Å². The maximum atomic E-state index is 11.8. The van der Waals surface area contributed by atoms with Gasteiger partial charge in [-0.3, -0.25) is 9.79 Å². The van der Waals surface area contributed by atoms with Gasteiger partial charge in [0.15, 0.2) is 5.96 Å². The van der Waals surface area contributed by atoms with Crippen LogP contribution in [0.25, 0.3) is 0 Å². The molecule has 0 aromatic heterocycles. The number of aliphatic imine (C=N–C) groups is 1. The van der Waals surface area contributed by atoms with Crippen molar-refractivity contribution in [3.8, 4) is 0 Å². The molecule has 0 spiro atoms. The zero-order chi connectivity index (χ0) is 14.6. The van der Waals surface area contributed by atoms with Crippen LogP contribution in [-0.2, 0) is 9.53 Å². The van der Waals surface area contributed by atoms with Crippen LogP contribution in [0, 0.1) is 0 Å². The number of carbonyl (C=O) groups is 1. The van der Waals surface area contributed by atoms with Gasteiger partial charge in [0, 0.05) is 42.3 Å². The van der Waals surface area contributed by atoms with Gasteiger partial charge in [-0.05, 0) is 12.8 Å². The molecule has 0 aromatic rings. The molecule has 6 nitrogen and oxygen atoms in total. The van der Waals surface area contributed by atoms with Gasteiger partial charge in [-0.2, -0.15) is 0 Å². The first-order chi connectivity index (χ1) is 8.82. The quantitative estimate of drug-likeness (QED) is 0.539. The molecule has 1 rings (SSSR count). The van der Waals surface area contributed by atoms with Crippen molar-refractivity contribution in [2.75, 3.05) is 48.8 Å². The zero-order valence-electron chi connectivity index (χ0n) is 12.9. The standard InChI is InChI=1S/C13H26N4O2/c1-15(2)12(18)11-8-7-10(19-11)9-14-13(16(3)4)17(5)6/h10-11H,7-9H2,1-6H3/t10-,11+/m0/s1. The molecule has 0 aliphatic carbocycles. The second kappa shape index (κ2) is 6.75. The van der Waals surface area contributed by atoms with Crippen LogP contribution >= 0.6 is 0 Å². The minimum absolute atomic E-state index is 0.0452. The smallest absolute Gasteiger partial charge is 0.251 e. The van der Waals surface area contributed by atoms with Crippen LogP contribution in [0.2, 0.25) is 0 Å². The number of likely N-dealkylation sites (N-methyl/N-ethyl adjacent to an activating group) is 1. The van der Waals surface area contributed by atoms with Gasteiger partial charge < -0.3 is 19.4 Å². The van der Waals surface area contributed by atoms with Crippen LogP contribution in [0.15, 0.2) is 4.99 Å². The summed E-state index contributed by atoms with van der Waals surface area (Å²) in [4.78, 5) is 21.9. The number of hydrogen-bond donors (Lipinski definition) is 0. The third-order valence-corrected chi connectivity index (χ3v) is 3.06. The predicted molar refractivity (Wildman–Crippen MR) is 76.3 cm³/mol. The van der Waals surface area contributed by atoms with Gasteiger partial charge in [0.1, 0.15) is 6.10 Å². The molecule has 1 fully saturated rings. The van der Waals surface area contributed by atoms with Crippen molar-refractivity contribution in [2.24, 2.45) is 4.99 Å². The number of nitrogens with zero attached hydrogens (tertiary/aromatic N) is 4. The molecule has 0 saturated carbocycles. The van der Waals surface area contributed by atoms with Gasteiger partial charge in [-0.1, -0.05) is 0 Å². The average molecular weight is 270 g/mol. The number of hydrogen-bond acceptors (Lipinski definition) is 3. The molecule has 1 aliphatic heterocycles. The lowest BCUT2D eigenvalue weighted by molar-refractivity contribution is -0.140. The van der Waals surface area contributed by atoms with E-state index in [9.17, 15) is 4.79 Å². The van der Waals surface area contributed by atoms with Crippen molar-refractivity contribution in [1.82, 2.24) is 14.7 Å². The van der Waals surface area contributed by atoms with Crippen molar-refractivity contribution < 1.29 is 9.53 Å². The fourth-order valence-electron chi connectivity index (χ4n) is 2.18. The summed E-state index contributed by atoms with van der Waals surface area (Å²) >= 11 is 0. The Hall–Kier alpha value is -1.30. The van der Waals surface area contributed by atoms with Crippen LogP contribution < -0.4 is 0 Å². The number of rotatable bonds is 3. The molecular weight excluding hydrogens is 244 g/mol. The summed E-state index contributed by atoms with van der Waals surface area (Å²) in [5, 5.41) is 0. The first-order valence-electron chi connectivity index (χ1n) is 6.58. The second-order valence-electron chi connectivity index (χ2n) is 5.49. The lowest BCUT2D eigenvalue weighted by Crippen LogP contribution is -2.36. The first-order valence-corrected chi connectivity index (χ1v) is 6.58. The van der Waals surface area contributed by atoms with E-state index in [1.807, 2.05) is 38.0 Å². The monoisotopic (exact) mass is 270 g/mol. The molecule has 1 saturated heterocycles. The third-order valence-electron chi connectivity index (χ3n) is 3.06. The van der Waals surface area contributed by atoms with Gasteiger partial charge in [-0.25, -0.2) is 0 Å². The topological polar surface area (TPSA) is 48.4 Å². The van der Waals surface area contributed by atoms with E-state index < -0.39 is 0 Å². The normalized spacial score (nSPS) is 22.0. The average Bonchev–Trinajstić information content (AvgIpc) is 2.75.